The van der Waals surface area contributed by atoms with Gasteiger partial charge in [0, 0.05) is 5.02 Å². The molecule has 2 aromatic rings. The number of pyridine rings is 1. The standard InChI is InChI=1S/C14H9ClN2/c15-12-7-4-11(5-8-12)6-9-13-2-1-3-14(10-16)17-13/h1-9H/b9-6+. The van der Waals surface area contributed by atoms with Crippen LogP contribution in [0.2, 0.25) is 5.02 Å². The highest BCUT2D eigenvalue weighted by Crippen LogP contribution is 2.12. The van der Waals surface area contributed by atoms with Crippen molar-refractivity contribution in [3.05, 3.63) is 64.4 Å². The molecule has 0 saturated heterocycles. The molecule has 0 atom stereocenters. The van der Waals surface area contributed by atoms with E-state index >= 15 is 0 Å². The third-order valence-corrected chi connectivity index (χ3v) is 2.45. The van der Waals surface area contributed by atoms with Gasteiger partial charge in [0.1, 0.15) is 11.8 Å². The van der Waals surface area contributed by atoms with E-state index in [2.05, 4.69) is 4.98 Å². The number of rotatable bonds is 2. The van der Waals surface area contributed by atoms with Crippen molar-refractivity contribution < 1.29 is 0 Å². The van der Waals surface area contributed by atoms with Crippen molar-refractivity contribution >= 4 is 23.8 Å². The summed E-state index contributed by atoms with van der Waals surface area (Å²) in [5.41, 5.74) is 2.22. The first-order valence-electron chi connectivity index (χ1n) is 5.09. The van der Waals surface area contributed by atoms with E-state index < -0.39 is 0 Å². The lowest BCUT2D eigenvalue weighted by Gasteiger charge is -1.95. The van der Waals surface area contributed by atoms with Gasteiger partial charge in [-0.2, -0.15) is 5.26 Å². The van der Waals surface area contributed by atoms with Gasteiger partial charge in [0.05, 0.1) is 5.69 Å². The molecule has 1 heterocycles. The number of nitrogens with zero attached hydrogens (tertiary/aromatic N) is 2. The molecule has 0 amide bonds. The second-order valence-corrected chi connectivity index (χ2v) is 3.88. The summed E-state index contributed by atoms with van der Waals surface area (Å²) < 4.78 is 0. The number of benzene rings is 1. The predicted octanol–water partition coefficient (Wildman–Crippen LogP) is 3.78. The zero-order valence-electron chi connectivity index (χ0n) is 8.97. The lowest BCUT2D eigenvalue weighted by molar-refractivity contribution is 1.24. The van der Waals surface area contributed by atoms with Crippen LogP contribution >= 0.6 is 11.6 Å². The minimum atomic E-state index is 0.420. The largest absolute Gasteiger partial charge is 0.238 e. The second kappa shape index (κ2) is 5.29. The molecule has 0 spiro atoms. The molecule has 82 valence electrons. The Kier molecular flexibility index (Phi) is 3.54. The van der Waals surface area contributed by atoms with Crippen LogP contribution < -0.4 is 0 Å². The van der Waals surface area contributed by atoms with E-state index in [0.717, 1.165) is 11.3 Å². The van der Waals surface area contributed by atoms with Crippen LogP contribution in [-0.2, 0) is 0 Å². The smallest absolute Gasteiger partial charge is 0.141 e. The molecule has 2 nitrogen and oxygen atoms in total. The number of halogens is 1. The van der Waals surface area contributed by atoms with Gasteiger partial charge in [-0.25, -0.2) is 4.98 Å². The van der Waals surface area contributed by atoms with Crippen LogP contribution in [0, 0.1) is 11.3 Å². The number of aromatic nitrogens is 1. The maximum Gasteiger partial charge on any atom is 0.141 e. The molecule has 1 aromatic heterocycles. The van der Waals surface area contributed by atoms with E-state index in [4.69, 9.17) is 16.9 Å². The predicted molar refractivity (Wildman–Crippen MR) is 69.3 cm³/mol. The van der Waals surface area contributed by atoms with Crippen LogP contribution in [0.4, 0.5) is 0 Å². The van der Waals surface area contributed by atoms with E-state index in [1.54, 1.807) is 6.07 Å². The fraction of sp³-hybridized carbons (Fsp3) is 0. The molecule has 3 heteroatoms. The summed E-state index contributed by atoms with van der Waals surface area (Å²) in [5, 5.41) is 9.44. The monoisotopic (exact) mass is 240 g/mol. The number of nitriles is 1. The van der Waals surface area contributed by atoms with Crippen LogP contribution in [-0.4, -0.2) is 4.98 Å². The summed E-state index contributed by atoms with van der Waals surface area (Å²) in [7, 11) is 0. The van der Waals surface area contributed by atoms with Gasteiger partial charge in [0.15, 0.2) is 0 Å². The van der Waals surface area contributed by atoms with Gasteiger partial charge in [0.2, 0.25) is 0 Å². The molecular formula is C14H9ClN2. The molecule has 0 fully saturated rings. The third-order valence-electron chi connectivity index (χ3n) is 2.20. The van der Waals surface area contributed by atoms with E-state index in [1.807, 2.05) is 54.6 Å². The first-order valence-corrected chi connectivity index (χ1v) is 5.46. The highest BCUT2D eigenvalue weighted by atomic mass is 35.5. The highest BCUT2D eigenvalue weighted by Gasteiger charge is 1.93. The minimum Gasteiger partial charge on any atom is -0.238 e. The van der Waals surface area contributed by atoms with E-state index in [1.165, 1.54) is 0 Å². The van der Waals surface area contributed by atoms with Crippen LogP contribution in [0.15, 0.2) is 42.5 Å². The minimum absolute atomic E-state index is 0.420. The topological polar surface area (TPSA) is 36.7 Å². The number of hydrogen-bond donors (Lipinski definition) is 0. The molecule has 0 N–H and O–H groups in total. The molecular weight excluding hydrogens is 232 g/mol. The molecule has 0 radical (unpaired) electrons. The average Bonchev–Trinajstić information content (AvgIpc) is 2.38. The molecule has 17 heavy (non-hydrogen) atoms. The van der Waals surface area contributed by atoms with Crippen LogP contribution in [0.25, 0.3) is 12.2 Å². The zero-order chi connectivity index (χ0) is 12.1. The number of hydrogen-bond acceptors (Lipinski definition) is 2. The Hall–Kier alpha value is -2.11. The van der Waals surface area contributed by atoms with Crippen LogP contribution in [0.5, 0.6) is 0 Å². The molecule has 1 aromatic carbocycles. The van der Waals surface area contributed by atoms with Crippen molar-refractivity contribution in [2.75, 3.05) is 0 Å². The Balaban J connectivity index is 2.20. The zero-order valence-corrected chi connectivity index (χ0v) is 9.72. The lowest BCUT2D eigenvalue weighted by Crippen LogP contribution is -1.84. The lowest BCUT2D eigenvalue weighted by atomic mass is 10.2. The van der Waals surface area contributed by atoms with Crippen LogP contribution in [0.3, 0.4) is 0 Å². The summed E-state index contributed by atoms with van der Waals surface area (Å²) >= 11 is 5.80. The van der Waals surface area contributed by atoms with Gasteiger partial charge < -0.3 is 0 Å². The van der Waals surface area contributed by atoms with Crippen molar-refractivity contribution in [1.82, 2.24) is 4.98 Å². The van der Waals surface area contributed by atoms with Gasteiger partial charge >= 0.3 is 0 Å². The van der Waals surface area contributed by atoms with Gasteiger partial charge in [-0.05, 0) is 35.9 Å². The summed E-state index contributed by atoms with van der Waals surface area (Å²) in [5.74, 6) is 0. The highest BCUT2D eigenvalue weighted by molar-refractivity contribution is 6.30. The molecule has 0 aliphatic heterocycles. The van der Waals surface area contributed by atoms with Crippen molar-refractivity contribution in [3.63, 3.8) is 0 Å². The Morgan fingerprint density at radius 2 is 1.82 bits per heavy atom. The van der Waals surface area contributed by atoms with Gasteiger partial charge in [-0.15, -0.1) is 0 Å². The molecule has 0 aliphatic rings. The third kappa shape index (κ3) is 3.17. The van der Waals surface area contributed by atoms with Gasteiger partial charge in [0.25, 0.3) is 0 Å². The van der Waals surface area contributed by atoms with E-state index in [9.17, 15) is 0 Å². The van der Waals surface area contributed by atoms with Gasteiger partial charge in [-0.3, -0.25) is 0 Å². The Morgan fingerprint density at radius 3 is 2.53 bits per heavy atom. The average molecular weight is 241 g/mol. The second-order valence-electron chi connectivity index (χ2n) is 3.44. The normalized spacial score (nSPS) is 10.4. The molecule has 0 unspecified atom stereocenters. The summed E-state index contributed by atoms with van der Waals surface area (Å²) in [6.45, 7) is 0. The SMILES string of the molecule is N#Cc1cccc(/C=C/c2ccc(Cl)cc2)n1. The Morgan fingerprint density at radius 1 is 1.06 bits per heavy atom. The maximum absolute atomic E-state index is 8.73. The van der Waals surface area contributed by atoms with Crippen molar-refractivity contribution in [2.24, 2.45) is 0 Å². The molecule has 0 bridgehead atoms. The summed E-state index contributed by atoms with van der Waals surface area (Å²) in [6.07, 6.45) is 3.80. The van der Waals surface area contributed by atoms with E-state index in [0.29, 0.717) is 10.7 Å². The maximum atomic E-state index is 8.73. The fourth-order valence-corrected chi connectivity index (χ4v) is 1.49. The fourth-order valence-electron chi connectivity index (χ4n) is 1.36. The van der Waals surface area contributed by atoms with Crippen molar-refractivity contribution in [1.29, 1.82) is 5.26 Å². The first-order chi connectivity index (χ1) is 8.28. The van der Waals surface area contributed by atoms with Crippen molar-refractivity contribution in [2.45, 2.75) is 0 Å². The van der Waals surface area contributed by atoms with Crippen molar-refractivity contribution in [3.8, 4) is 6.07 Å². The summed E-state index contributed by atoms with van der Waals surface area (Å²) in [4.78, 5) is 4.15. The van der Waals surface area contributed by atoms with Crippen LogP contribution in [0.1, 0.15) is 17.0 Å². The molecule has 0 aliphatic carbocycles. The quantitative estimate of drug-likeness (QED) is 0.801. The van der Waals surface area contributed by atoms with E-state index in [-0.39, 0.29) is 0 Å². The molecule has 2 rings (SSSR count). The first kappa shape index (κ1) is 11.4. The Labute approximate surface area is 105 Å². The summed E-state index contributed by atoms with van der Waals surface area (Å²) in [6, 6.07) is 14.9. The Bertz CT molecular complexity index is 580. The molecule has 0 saturated carbocycles. The van der Waals surface area contributed by atoms with Gasteiger partial charge in [-0.1, -0.05) is 35.9 Å².